The smallest absolute Gasteiger partial charge is 0.306 e. The molecule has 6 heteroatoms. The van der Waals surface area contributed by atoms with Crippen LogP contribution in [0.25, 0.3) is 0 Å². The van der Waals surface area contributed by atoms with Gasteiger partial charge in [0.15, 0.2) is 6.10 Å². The van der Waals surface area contributed by atoms with E-state index in [1.54, 1.807) is 0 Å². The Morgan fingerprint density at radius 2 is 0.723 bits per heavy atom. The molecule has 0 rings (SSSR count). The molecular formula is C59H88O6. The van der Waals surface area contributed by atoms with Crippen LogP contribution in [0.4, 0.5) is 0 Å². The molecule has 1 atom stereocenters. The standard InChI is InChI=1S/C59H88O6/c1-4-7-10-13-16-19-22-25-27-29-30-32-34-37-40-43-46-49-52-58(61)64-55-56(54-63-57(60)51-48-45-42-39-36-33-24-21-18-15-12-9-6-3)65-59(62)53-50-47-44-41-38-35-31-28-26-23-20-17-14-11-8-5-2/h8-9,11-12,15,17-18,20-22,24-30,32-33,35-36,38-39,42,44,47,56H,4-7,10,13-14,16,19,23,31,34,37,40-41,43,45-46,48-55H2,1-3H3/b11-8-,12-9-,18-15-,20-17-,24-21-,25-22-,28-26-,29-27-,32-30-,36-33-,38-35-,42-39-,47-44-. The van der Waals surface area contributed by atoms with Crippen LogP contribution in [0.5, 0.6) is 0 Å². The SMILES string of the molecule is CC\C=C/C=C\C=C/C=C\C=C/CCCC(=O)OCC(COC(=O)CCCCCCC\C=C/C=C\C=C/CCCCCCC)OC(=O)CC/C=C\C/C=C\C/C=C\C/C=C\C/C=C\CC. The Balaban J connectivity index is 4.66. The molecule has 0 spiro atoms. The minimum Gasteiger partial charge on any atom is -0.462 e. The van der Waals surface area contributed by atoms with Crippen molar-refractivity contribution in [2.45, 2.75) is 181 Å². The van der Waals surface area contributed by atoms with Crippen LogP contribution >= 0.6 is 0 Å². The molecule has 0 N–H and O–H groups in total. The molecule has 0 fully saturated rings. The van der Waals surface area contributed by atoms with Gasteiger partial charge in [0.05, 0.1) is 0 Å². The van der Waals surface area contributed by atoms with Crippen molar-refractivity contribution in [3.05, 3.63) is 158 Å². The molecule has 0 aromatic carbocycles. The van der Waals surface area contributed by atoms with Gasteiger partial charge in [-0.1, -0.05) is 224 Å². The lowest BCUT2D eigenvalue weighted by Crippen LogP contribution is -2.30. The predicted octanol–water partition coefficient (Wildman–Crippen LogP) is 16.6. The monoisotopic (exact) mass is 893 g/mol. The van der Waals surface area contributed by atoms with E-state index < -0.39 is 12.1 Å². The van der Waals surface area contributed by atoms with Gasteiger partial charge in [0, 0.05) is 19.3 Å². The Morgan fingerprint density at radius 1 is 0.338 bits per heavy atom. The molecule has 0 bridgehead atoms. The zero-order valence-corrected chi connectivity index (χ0v) is 40.9. The summed E-state index contributed by atoms with van der Waals surface area (Å²) >= 11 is 0. The lowest BCUT2D eigenvalue weighted by atomic mass is 10.1. The Kier molecular flexibility index (Phi) is 47.7. The van der Waals surface area contributed by atoms with Crippen LogP contribution in [-0.2, 0) is 28.6 Å². The first-order chi connectivity index (χ1) is 32.0. The van der Waals surface area contributed by atoms with E-state index in [-0.39, 0.29) is 38.0 Å². The maximum Gasteiger partial charge on any atom is 0.306 e. The molecule has 360 valence electrons. The second-order valence-electron chi connectivity index (χ2n) is 15.8. The number of esters is 3. The van der Waals surface area contributed by atoms with Gasteiger partial charge in [0.1, 0.15) is 13.2 Å². The Bertz CT molecular complexity index is 1540. The van der Waals surface area contributed by atoms with Crippen LogP contribution in [0, 0.1) is 0 Å². The largest absolute Gasteiger partial charge is 0.462 e. The first-order valence-electron chi connectivity index (χ1n) is 25.1. The predicted molar refractivity (Wildman–Crippen MR) is 278 cm³/mol. The number of hydrogen-bond acceptors (Lipinski definition) is 6. The number of allylic oxidation sites excluding steroid dienone is 26. The molecule has 0 aliphatic rings. The molecule has 0 aromatic heterocycles. The van der Waals surface area contributed by atoms with Gasteiger partial charge in [-0.2, -0.15) is 0 Å². The highest BCUT2D eigenvalue weighted by atomic mass is 16.6. The minimum absolute atomic E-state index is 0.149. The molecule has 0 radical (unpaired) electrons. The van der Waals surface area contributed by atoms with Crippen molar-refractivity contribution in [3.8, 4) is 0 Å². The first-order valence-corrected chi connectivity index (χ1v) is 25.1. The molecule has 0 saturated carbocycles. The third kappa shape index (κ3) is 49.9. The van der Waals surface area contributed by atoms with Crippen LogP contribution in [0.1, 0.15) is 175 Å². The van der Waals surface area contributed by atoms with Gasteiger partial charge < -0.3 is 14.2 Å². The zero-order chi connectivity index (χ0) is 47.2. The maximum atomic E-state index is 12.8. The van der Waals surface area contributed by atoms with Crippen molar-refractivity contribution in [2.24, 2.45) is 0 Å². The Hall–Kier alpha value is -4.97. The Labute approximate surface area is 397 Å². The van der Waals surface area contributed by atoms with Crippen molar-refractivity contribution in [1.82, 2.24) is 0 Å². The van der Waals surface area contributed by atoms with E-state index in [1.165, 1.54) is 32.1 Å². The average molecular weight is 893 g/mol. The highest BCUT2D eigenvalue weighted by Gasteiger charge is 2.19. The van der Waals surface area contributed by atoms with E-state index >= 15 is 0 Å². The summed E-state index contributed by atoms with van der Waals surface area (Å²) in [6.45, 7) is 6.18. The molecule has 0 heterocycles. The summed E-state index contributed by atoms with van der Waals surface area (Å²) in [6.07, 6.45) is 75.3. The van der Waals surface area contributed by atoms with Gasteiger partial charge >= 0.3 is 17.9 Å². The summed E-state index contributed by atoms with van der Waals surface area (Å²) in [5.74, 6) is -1.14. The van der Waals surface area contributed by atoms with E-state index in [2.05, 4.69) is 112 Å². The van der Waals surface area contributed by atoms with E-state index in [0.717, 1.165) is 89.9 Å². The minimum atomic E-state index is -0.862. The summed E-state index contributed by atoms with van der Waals surface area (Å²) < 4.78 is 16.6. The lowest BCUT2D eigenvalue weighted by Gasteiger charge is -2.18. The van der Waals surface area contributed by atoms with Crippen LogP contribution in [0.15, 0.2) is 158 Å². The van der Waals surface area contributed by atoms with Gasteiger partial charge in [-0.05, 0) is 89.9 Å². The van der Waals surface area contributed by atoms with Crippen LogP contribution in [0.2, 0.25) is 0 Å². The van der Waals surface area contributed by atoms with Gasteiger partial charge in [-0.25, -0.2) is 0 Å². The third-order valence-corrected chi connectivity index (χ3v) is 9.70. The highest BCUT2D eigenvalue weighted by molar-refractivity contribution is 5.71. The molecule has 0 aliphatic carbocycles. The van der Waals surface area contributed by atoms with E-state index in [4.69, 9.17) is 14.2 Å². The van der Waals surface area contributed by atoms with E-state index in [9.17, 15) is 14.4 Å². The average Bonchev–Trinajstić information content (AvgIpc) is 3.30. The third-order valence-electron chi connectivity index (χ3n) is 9.70. The summed E-state index contributed by atoms with van der Waals surface area (Å²) in [4.78, 5) is 37.9. The van der Waals surface area contributed by atoms with Crippen molar-refractivity contribution in [2.75, 3.05) is 13.2 Å². The van der Waals surface area contributed by atoms with E-state index in [0.29, 0.717) is 19.3 Å². The lowest BCUT2D eigenvalue weighted by molar-refractivity contribution is -0.166. The second kappa shape index (κ2) is 51.7. The molecule has 0 saturated heterocycles. The Morgan fingerprint density at radius 3 is 1.22 bits per heavy atom. The molecule has 6 nitrogen and oxygen atoms in total. The second-order valence-corrected chi connectivity index (χ2v) is 15.8. The normalized spacial score (nSPS) is 13.5. The molecule has 0 aromatic rings. The number of carbonyl (C=O) groups is 3. The van der Waals surface area contributed by atoms with Crippen molar-refractivity contribution >= 4 is 17.9 Å². The fourth-order valence-corrected chi connectivity index (χ4v) is 5.99. The number of unbranched alkanes of at least 4 members (excludes halogenated alkanes) is 11. The molecule has 65 heavy (non-hydrogen) atoms. The van der Waals surface area contributed by atoms with Gasteiger partial charge in [0.25, 0.3) is 0 Å². The molecular weight excluding hydrogens is 805 g/mol. The van der Waals surface area contributed by atoms with Crippen LogP contribution in [-0.4, -0.2) is 37.2 Å². The summed E-state index contributed by atoms with van der Waals surface area (Å²) in [6, 6.07) is 0. The zero-order valence-electron chi connectivity index (χ0n) is 40.9. The number of ether oxygens (including phenoxy) is 3. The molecule has 0 aliphatic heterocycles. The molecule has 1 unspecified atom stereocenters. The summed E-state index contributed by atoms with van der Waals surface area (Å²) in [5.41, 5.74) is 0. The molecule has 0 amide bonds. The quantitative estimate of drug-likeness (QED) is 0.0200. The summed E-state index contributed by atoms with van der Waals surface area (Å²) in [5, 5.41) is 0. The fraction of sp³-hybridized carbons (Fsp3) is 0.508. The van der Waals surface area contributed by atoms with Crippen LogP contribution < -0.4 is 0 Å². The number of hydrogen-bond donors (Lipinski definition) is 0. The first kappa shape index (κ1) is 60.0. The topological polar surface area (TPSA) is 78.9 Å². The number of rotatable bonds is 42. The van der Waals surface area contributed by atoms with Gasteiger partial charge in [-0.15, -0.1) is 0 Å². The van der Waals surface area contributed by atoms with E-state index in [1.807, 2.05) is 66.8 Å². The van der Waals surface area contributed by atoms with Crippen molar-refractivity contribution in [3.63, 3.8) is 0 Å². The maximum absolute atomic E-state index is 12.8. The summed E-state index contributed by atoms with van der Waals surface area (Å²) in [7, 11) is 0. The van der Waals surface area contributed by atoms with Gasteiger partial charge in [-0.3, -0.25) is 14.4 Å². The van der Waals surface area contributed by atoms with Crippen molar-refractivity contribution < 1.29 is 28.6 Å². The van der Waals surface area contributed by atoms with Crippen molar-refractivity contribution in [1.29, 1.82) is 0 Å². The van der Waals surface area contributed by atoms with Gasteiger partial charge in [0.2, 0.25) is 0 Å². The highest BCUT2D eigenvalue weighted by Crippen LogP contribution is 2.11. The van der Waals surface area contributed by atoms with Crippen LogP contribution in [0.3, 0.4) is 0 Å². The number of carbonyl (C=O) groups excluding carboxylic acids is 3. The fourth-order valence-electron chi connectivity index (χ4n) is 5.99.